The first-order chi connectivity index (χ1) is 8.55. The number of hydrogen-bond acceptors (Lipinski definition) is 5. The fourth-order valence-corrected chi connectivity index (χ4v) is 2.58. The van der Waals surface area contributed by atoms with Gasteiger partial charge in [-0.1, -0.05) is 6.92 Å². The van der Waals surface area contributed by atoms with Crippen LogP contribution in [0.15, 0.2) is 16.0 Å². The summed E-state index contributed by atoms with van der Waals surface area (Å²) >= 11 is 1.67. The quantitative estimate of drug-likeness (QED) is 0.902. The van der Waals surface area contributed by atoms with Crippen molar-refractivity contribution < 1.29 is 4.42 Å². The number of rotatable bonds is 5. The van der Waals surface area contributed by atoms with Crippen LogP contribution in [0, 0.1) is 13.8 Å². The monoisotopic (exact) mass is 265 g/mol. The zero-order chi connectivity index (χ0) is 13.2. The van der Waals surface area contributed by atoms with Crippen LogP contribution in [0.25, 0.3) is 0 Å². The minimum Gasteiger partial charge on any atom is -0.444 e. The van der Waals surface area contributed by atoms with Crippen molar-refractivity contribution in [3.8, 4) is 0 Å². The molecule has 98 valence electrons. The van der Waals surface area contributed by atoms with Crippen molar-refractivity contribution in [2.24, 2.45) is 0 Å². The summed E-state index contributed by atoms with van der Waals surface area (Å²) in [7, 11) is 0. The molecule has 0 aliphatic rings. The van der Waals surface area contributed by atoms with Gasteiger partial charge in [0.2, 0.25) is 5.89 Å². The van der Waals surface area contributed by atoms with Crippen molar-refractivity contribution in [1.29, 1.82) is 0 Å². The maximum absolute atomic E-state index is 5.58. The minimum absolute atomic E-state index is 0.121. The molecule has 0 fully saturated rings. The van der Waals surface area contributed by atoms with Crippen LogP contribution in [0.5, 0.6) is 0 Å². The second-order valence-electron chi connectivity index (χ2n) is 4.63. The number of nitrogens with zero attached hydrogens (tertiary/aromatic N) is 2. The summed E-state index contributed by atoms with van der Waals surface area (Å²) < 4.78 is 5.58. The van der Waals surface area contributed by atoms with E-state index in [-0.39, 0.29) is 5.54 Å². The van der Waals surface area contributed by atoms with Crippen molar-refractivity contribution in [3.63, 3.8) is 0 Å². The number of thiazole rings is 1. The molecule has 1 atom stereocenters. The third-order valence-corrected chi connectivity index (χ3v) is 4.35. The van der Waals surface area contributed by atoms with E-state index >= 15 is 0 Å². The van der Waals surface area contributed by atoms with Crippen LogP contribution in [0.4, 0.5) is 0 Å². The fraction of sp³-hybridized carbons (Fsp3) is 0.538. The molecule has 5 heteroatoms. The molecule has 1 N–H and O–H groups in total. The minimum atomic E-state index is -0.121. The molecule has 2 aromatic heterocycles. The Kier molecular flexibility index (Phi) is 3.82. The molecule has 18 heavy (non-hydrogen) atoms. The molecule has 0 saturated heterocycles. The number of aromatic nitrogens is 2. The van der Waals surface area contributed by atoms with Crippen molar-refractivity contribution in [1.82, 2.24) is 15.3 Å². The molecule has 0 amide bonds. The highest BCUT2D eigenvalue weighted by molar-refractivity contribution is 7.09. The smallest absolute Gasteiger partial charge is 0.208 e. The Morgan fingerprint density at radius 1 is 1.44 bits per heavy atom. The SMILES string of the molecule is CC[C@](C)(NCc1nc(C)c(C)o1)c1nccs1. The largest absolute Gasteiger partial charge is 0.444 e. The van der Waals surface area contributed by atoms with E-state index in [2.05, 4.69) is 29.1 Å². The summed E-state index contributed by atoms with van der Waals surface area (Å²) in [5.74, 6) is 1.63. The van der Waals surface area contributed by atoms with E-state index < -0.39 is 0 Å². The van der Waals surface area contributed by atoms with Crippen LogP contribution >= 0.6 is 11.3 Å². The highest BCUT2D eigenvalue weighted by atomic mass is 32.1. The van der Waals surface area contributed by atoms with Crippen LogP contribution in [0.1, 0.15) is 42.6 Å². The Hall–Kier alpha value is -1.20. The van der Waals surface area contributed by atoms with Crippen molar-refractivity contribution >= 4 is 11.3 Å². The summed E-state index contributed by atoms with van der Waals surface area (Å²) in [6.07, 6.45) is 2.81. The summed E-state index contributed by atoms with van der Waals surface area (Å²) in [6, 6.07) is 0. The molecule has 2 aromatic rings. The molecule has 0 aliphatic carbocycles. The number of nitrogens with one attached hydrogen (secondary N) is 1. The molecule has 0 aliphatic heterocycles. The standard InChI is InChI=1S/C13H19N3OS/c1-5-13(4,12-14-6-7-18-12)15-8-11-16-9(2)10(3)17-11/h6-7,15H,5,8H2,1-4H3/t13-/m0/s1. The number of hydrogen-bond donors (Lipinski definition) is 1. The molecular weight excluding hydrogens is 246 g/mol. The van der Waals surface area contributed by atoms with E-state index in [1.807, 2.05) is 25.4 Å². The maximum Gasteiger partial charge on any atom is 0.208 e. The Balaban J connectivity index is 2.08. The topological polar surface area (TPSA) is 51.0 Å². The van der Waals surface area contributed by atoms with E-state index in [0.29, 0.717) is 6.54 Å². The molecule has 2 heterocycles. The van der Waals surface area contributed by atoms with Gasteiger partial charge < -0.3 is 4.42 Å². The Bertz CT molecular complexity index is 487. The Labute approximate surface area is 111 Å². The molecule has 0 radical (unpaired) electrons. The van der Waals surface area contributed by atoms with Gasteiger partial charge in [-0.15, -0.1) is 11.3 Å². The first kappa shape index (κ1) is 13.2. The van der Waals surface area contributed by atoms with E-state index in [1.54, 1.807) is 11.3 Å². The van der Waals surface area contributed by atoms with Gasteiger partial charge in [0.1, 0.15) is 10.8 Å². The molecule has 2 rings (SSSR count). The lowest BCUT2D eigenvalue weighted by Crippen LogP contribution is -2.38. The zero-order valence-corrected chi connectivity index (χ0v) is 12.1. The van der Waals surface area contributed by atoms with E-state index in [9.17, 15) is 0 Å². The highest BCUT2D eigenvalue weighted by Crippen LogP contribution is 2.26. The van der Waals surface area contributed by atoms with Crippen LogP contribution in [-0.2, 0) is 12.1 Å². The first-order valence-corrected chi connectivity index (χ1v) is 7.01. The van der Waals surface area contributed by atoms with E-state index in [0.717, 1.165) is 28.8 Å². The molecule has 0 spiro atoms. The van der Waals surface area contributed by atoms with Gasteiger partial charge in [-0.05, 0) is 27.2 Å². The number of aryl methyl sites for hydroxylation is 2. The van der Waals surface area contributed by atoms with Gasteiger partial charge in [-0.3, -0.25) is 5.32 Å². The van der Waals surface area contributed by atoms with Crippen molar-refractivity contribution in [3.05, 3.63) is 33.9 Å². The van der Waals surface area contributed by atoms with Gasteiger partial charge >= 0.3 is 0 Å². The Morgan fingerprint density at radius 2 is 2.22 bits per heavy atom. The molecular formula is C13H19N3OS. The predicted molar refractivity (Wildman–Crippen MR) is 72.6 cm³/mol. The second kappa shape index (κ2) is 5.20. The summed E-state index contributed by atoms with van der Waals surface area (Å²) in [5, 5.41) is 6.60. The lowest BCUT2D eigenvalue weighted by Gasteiger charge is -2.26. The summed E-state index contributed by atoms with van der Waals surface area (Å²) in [5.41, 5.74) is 0.837. The van der Waals surface area contributed by atoms with Crippen LogP contribution < -0.4 is 5.32 Å². The predicted octanol–water partition coefficient (Wildman–Crippen LogP) is 3.16. The molecule has 0 aromatic carbocycles. The van der Waals surface area contributed by atoms with Gasteiger partial charge in [0.25, 0.3) is 0 Å². The molecule has 0 saturated carbocycles. The molecule has 0 bridgehead atoms. The van der Waals surface area contributed by atoms with Gasteiger partial charge in [-0.2, -0.15) is 0 Å². The van der Waals surface area contributed by atoms with Gasteiger partial charge in [0.05, 0.1) is 17.8 Å². The number of oxazole rings is 1. The third kappa shape index (κ3) is 2.62. The molecule has 0 unspecified atom stereocenters. The second-order valence-corrected chi connectivity index (χ2v) is 5.52. The summed E-state index contributed by atoms with van der Waals surface area (Å²) in [4.78, 5) is 8.78. The lowest BCUT2D eigenvalue weighted by atomic mass is 10.00. The molecule has 4 nitrogen and oxygen atoms in total. The first-order valence-electron chi connectivity index (χ1n) is 6.13. The average Bonchev–Trinajstić information content (AvgIpc) is 2.98. The van der Waals surface area contributed by atoms with Crippen molar-refractivity contribution in [2.75, 3.05) is 0 Å². The van der Waals surface area contributed by atoms with Crippen LogP contribution in [0.3, 0.4) is 0 Å². The average molecular weight is 265 g/mol. The highest BCUT2D eigenvalue weighted by Gasteiger charge is 2.27. The van der Waals surface area contributed by atoms with Crippen LogP contribution in [0.2, 0.25) is 0 Å². The normalized spacial score (nSPS) is 14.7. The maximum atomic E-state index is 5.58. The lowest BCUT2D eigenvalue weighted by molar-refractivity contribution is 0.324. The third-order valence-electron chi connectivity index (χ3n) is 3.31. The van der Waals surface area contributed by atoms with Gasteiger partial charge in [-0.25, -0.2) is 9.97 Å². The Morgan fingerprint density at radius 3 is 2.72 bits per heavy atom. The van der Waals surface area contributed by atoms with E-state index in [1.165, 1.54) is 0 Å². The zero-order valence-electron chi connectivity index (χ0n) is 11.3. The van der Waals surface area contributed by atoms with Crippen LogP contribution in [-0.4, -0.2) is 9.97 Å². The van der Waals surface area contributed by atoms with Gasteiger partial charge in [0, 0.05) is 11.6 Å². The van der Waals surface area contributed by atoms with Gasteiger partial charge in [0.15, 0.2) is 0 Å². The van der Waals surface area contributed by atoms with Crippen molar-refractivity contribution in [2.45, 2.75) is 46.2 Å². The fourth-order valence-electron chi connectivity index (χ4n) is 1.73. The summed E-state index contributed by atoms with van der Waals surface area (Å²) in [6.45, 7) is 8.83. The van der Waals surface area contributed by atoms with E-state index in [4.69, 9.17) is 4.42 Å².